The standard InChI is InChI=1S/C14H14F5NO2/c1-7-8(5-6-22-7)13(21)20-12(14(17,18)19)11-9(15)3-2-4-10(11)16/h2-4,7-8,12H,5-6H2,1H3,(H,20,21). The minimum Gasteiger partial charge on any atom is -0.378 e. The van der Waals surface area contributed by atoms with Crippen LogP contribution < -0.4 is 5.32 Å². The first kappa shape index (κ1) is 16.7. The van der Waals surface area contributed by atoms with Crippen LogP contribution in [0.15, 0.2) is 18.2 Å². The summed E-state index contributed by atoms with van der Waals surface area (Å²) in [5.41, 5.74) is -1.21. The summed E-state index contributed by atoms with van der Waals surface area (Å²) in [6.07, 6.45) is -5.31. The molecule has 1 aromatic rings. The summed E-state index contributed by atoms with van der Waals surface area (Å²) in [6.45, 7) is 1.81. The predicted octanol–water partition coefficient (Wildman–Crippen LogP) is 3.11. The van der Waals surface area contributed by atoms with Crippen LogP contribution >= 0.6 is 0 Å². The molecule has 2 rings (SSSR count). The fourth-order valence-electron chi connectivity index (χ4n) is 2.43. The first-order chi connectivity index (χ1) is 10.2. The summed E-state index contributed by atoms with van der Waals surface area (Å²) in [5, 5.41) is 1.70. The van der Waals surface area contributed by atoms with Gasteiger partial charge in [-0.3, -0.25) is 4.79 Å². The molecular weight excluding hydrogens is 309 g/mol. The highest BCUT2D eigenvalue weighted by atomic mass is 19.4. The molecule has 0 aliphatic carbocycles. The van der Waals surface area contributed by atoms with Gasteiger partial charge in [-0.05, 0) is 25.5 Å². The summed E-state index contributed by atoms with van der Waals surface area (Å²) < 4.78 is 71.7. The summed E-state index contributed by atoms with van der Waals surface area (Å²) in [7, 11) is 0. The maximum Gasteiger partial charge on any atom is 0.413 e. The van der Waals surface area contributed by atoms with E-state index in [9.17, 15) is 26.7 Å². The van der Waals surface area contributed by atoms with Gasteiger partial charge in [-0.25, -0.2) is 8.78 Å². The van der Waals surface area contributed by atoms with E-state index in [0.29, 0.717) is 12.1 Å². The van der Waals surface area contributed by atoms with E-state index in [1.54, 1.807) is 12.2 Å². The summed E-state index contributed by atoms with van der Waals surface area (Å²) in [5.74, 6) is -4.44. The second-order valence-corrected chi connectivity index (χ2v) is 5.09. The van der Waals surface area contributed by atoms with Crippen molar-refractivity contribution in [2.45, 2.75) is 31.7 Å². The monoisotopic (exact) mass is 323 g/mol. The first-order valence-electron chi connectivity index (χ1n) is 6.64. The van der Waals surface area contributed by atoms with Crippen molar-refractivity contribution in [1.82, 2.24) is 5.32 Å². The van der Waals surface area contributed by atoms with Gasteiger partial charge in [0.25, 0.3) is 0 Å². The Balaban J connectivity index is 2.30. The molecule has 22 heavy (non-hydrogen) atoms. The Bertz CT molecular complexity index is 540. The van der Waals surface area contributed by atoms with E-state index in [-0.39, 0.29) is 13.0 Å². The Hall–Kier alpha value is -1.70. The number of carbonyl (C=O) groups excluding carboxylic acids is 1. The molecule has 1 saturated heterocycles. The molecule has 122 valence electrons. The van der Waals surface area contributed by atoms with Crippen molar-refractivity contribution in [1.29, 1.82) is 0 Å². The number of rotatable bonds is 3. The van der Waals surface area contributed by atoms with Gasteiger partial charge >= 0.3 is 6.18 Å². The van der Waals surface area contributed by atoms with Crippen molar-refractivity contribution in [2.75, 3.05) is 6.61 Å². The molecule has 0 bridgehead atoms. The second kappa shape index (κ2) is 6.20. The Kier molecular flexibility index (Phi) is 4.69. The van der Waals surface area contributed by atoms with Crippen molar-refractivity contribution in [3.8, 4) is 0 Å². The van der Waals surface area contributed by atoms with Crippen LogP contribution in [-0.2, 0) is 9.53 Å². The van der Waals surface area contributed by atoms with Gasteiger partial charge < -0.3 is 10.1 Å². The fourth-order valence-corrected chi connectivity index (χ4v) is 2.43. The van der Waals surface area contributed by atoms with E-state index >= 15 is 0 Å². The Morgan fingerprint density at radius 2 is 1.91 bits per heavy atom. The molecule has 1 aromatic carbocycles. The van der Waals surface area contributed by atoms with Crippen LogP contribution in [0.4, 0.5) is 22.0 Å². The van der Waals surface area contributed by atoms with Crippen LogP contribution in [0.5, 0.6) is 0 Å². The van der Waals surface area contributed by atoms with Crippen molar-refractivity contribution in [2.24, 2.45) is 5.92 Å². The number of hydrogen-bond acceptors (Lipinski definition) is 2. The van der Waals surface area contributed by atoms with Gasteiger partial charge in [-0.1, -0.05) is 6.07 Å². The van der Waals surface area contributed by atoms with Gasteiger partial charge in [0.2, 0.25) is 5.91 Å². The number of amides is 1. The van der Waals surface area contributed by atoms with E-state index in [1.165, 1.54) is 0 Å². The lowest BCUT2D eigenvalue weighted by Gasteiger charge is -2.25. The smallest absolute Gasteiger partial charge is 0.378 e. The highest BCUT2D eigenvalue weighted by molar-refractivity contribution is 5.80. The molecule has 1 amide bonds. The predicted molar refractivity (Wildman–Crippen MR) is 66.8 cm³/mol. The largest absolute Gasteiger partial charge is 0.413 e. The van der Waals surface area contributed by atoms with E-state index in [0.717, 1.165) is 6.07 Å². The van der Waals surface area contributed by atoms with Crippen LogP contribution in [0.3, 0.4) is 0 Å². The minimum atomic E-state index is -5.03. The molecule has 1 heterocycles. The highest BCUT2D eigenvalue weighted by Crippen LogP contribution is 2.36. The fraction of sp³-hybridized carbons (Fsp3) is 0.500. The summed E-state index contributed by atoms with van der Waals surface area (Å²) in [4.78, 5) is 12.0. The molecule has 0 radical (unpaired) electrons. The quantitative estimate of drug-likeness (QED) is 0.868. The van der Waals surface area contributed by atoms with Crippen LogP contribution in [-0.4, -0.2) is 24.8 Å². The molecule has 1 fully saturated rings. The molecule has 3 atom stereocenters. The molecule has 1 aliphatic heterocycles. The van der Waals surface area contributed by atoms with Crippen molar-refractivity contribution in [3.63, 3.8) is 0 Å². The molecule has 0 spiro atoms. The molecule has 1 N–H and O–H groups in total. The molecule has 3 nitrogen and oxygen atoms in total. The average Bonchev–Trinajstić information content (AvgIpc) is 2.82. The van der Waals surface area contributed by atoms with Gasteiger partial charge in [0.05, 0.1) is 17.6 Å². The minimum absolute atomic E-state index is 0.254. The number of benzene rings is 1. The van der Waals surface area contributed by atoms with Gasteiger partial charge in [0, 0.05) is 6.61 Å². The SMILES string of the molecule is CC1OCCC1C(=O)NC(c1c(F)cccc1F)C(F)(F)F. The maximum absolute atomic E-state index is 13.6. The Labute approximate surface area is 123 Å². The lowest BCUT2D eigenvalue weighted by atomic mass is 9.99. The number of alkyl halides is 3. The Morgan fingerprint density at radius 3 is 2.36 bits per heavy atom. The lowest BCUT2D eigenvalue weighted by molar-refractivity contribution is -0.166. The van der Waals surface area contributed by atoms with E-state index in [4.69, 9.17) is 4.74 Å². The number of halogens is 5. The van der Waals surface area contributed by atoms with E-state index in [2.05, 4.69) is 0 Å². The van der Waals surface area contributed by atoms with Crippen molar-refractivity contribution in [3.05, 3.63) is 35.4 Å². The summed E-state index contributed by atoms with van der Waals surface area (Å²) >= 11 is 0. The van der Waals surface area contributed by atoms with Crippen molar-refractivity contribution < 1.29 is 31.5 Å². The highest BCUT2D eigenvalue weighted by Gasteiger charge is 2.46. The Morgan fingerprint density at radius 1 is 1.32 bits per heavy atom. The second-order valence-electron chi connectivity index (χ2n) is 5.09. The zero-order chi connectivity index (χ0) is 16.5. The van der Waals surface area contributed by atoms with Gasteiger partial charge in [-0.15, -0.1) is 0 Å². The van der Waals surface area contributed by atoms with Gasteiger partial charge in [-0.2, -0.15) is 13.2 Å². The molecule has 0 saturated carbocycles. The van der Waals surface area contributed by atoms with E-state index < -0.39 is 47.3 Å². The number of ether oxygens (including phenoxy) is 1. The van der Waals surface area contributed by atoms with Crippen LogP contribution in [0.1, 0.15) is 24.9 Å². The number of nitrogens with one attached hydrogen (secondary N) is 1. The summed E-state index contributed by atoms with van der Waals surface area (Å²) in [6, 6.07) is -0.361. The third-order valence-electron chi connectivity index (χ3n) is 3.62. The van der Waals surface area contributed by atoms with Crippen molar-refractivity contribution >= 4 is 5.91 Å². The van der Waals surface area contributed by atoms with Gasteiger partial charge in [0.15, 0.2) is 6.04 Å². The van der Waals surface area contributed by atoms with Crippen LogP contribution in [0.25, 0.3) is 0 Å². The normalized spacial score (nSPS) is 23.4. The lowest BCUT2D eigenvalue weighted by Crippen LogP contribution is -2.43. The molecule has 8 heteroatoms. The first-order valence-corrected chi connectivity index (χ1v) is 6.64. The number of hydrogen-bond donors (Lipinski definition) is 1. The van der Waals surface area contributed by atoms with E-state index in [1.807, 2.05) is 0 Å². The van der Waals surface area contributed by atoms with Crippen LogP contribution in [0, 0.1) is 17.6 Å². The zero-order valence-electron chi connectivity index (χ0n) is 11.6. The zero-order valence-corrected chi connectivity index (χ0v) is 11.6. The maximum atomic E-state index is 13.6. The molecule has 1 aliphatic rings. The topological polar surface area (TPSA) is 38.3 Å². The third-order valence-corrected chi connectivity index (χ3v) is 3.62. The van der Waals surface area contributed by atoms with Gasteiger partial charge in [0.1, 0.15) is 11.6 Å². The average molecular weight is 323 g/mol. The molecule has 0 aromatic heterocycles. The number of carbonyl (C=O) groups is 1. The molecular formula is C14H14F5NO2. The third kappa shape index (κ3) is 3.37. The van der Waals surface area contributed by atoms with Crippen LogP contribution in [0.2, 0.25) is 0 Å². The molecule has 3 unspecified atom stereocenters.